The van der Waals surface area contributed by atoms with Gasteiger partial charge in [0.1, 0.15) is 6.54 Å². The summed E-state index contributed by atoms with van der Waals surface area (Å²) in [7, 11) is 0. The summed E-state index contributed by atoms with van der Waals surface area (Å²) in [6, 6.07) is 0. The van der Waals surface area contributed by atoms with Gasteiger partial charge >= 0.3 is 5.97 Å². The van der Waals surface area contributed by atoms with Crippen LogP contribution in [-0.2, 0) is 14.3 Å². The number of rotatable bonds is 4. The predicted molar refractivity (Wildman–Crippen MR) is 56.2 cm³/mol. The van der Waals surface area contributed by atoms with Crippen LogP contribution in [0.3, 0.4) is 0 Å². The van der Waals surface area contributed by atoms with Crippen LogP contribution in [0.1, 0.15) is 27.2 Å². The number of hydrogen-bond acceptors (Lipinski definition) is 3. The molecule has 4 heteroatoms. The molecule has 86 valence electrons. The van der Waals surface area contributed by atoms with Gasteiger partial charge in [-0.3, -0.25) is 9.59 Å². The Morgan fingerprint density at radius 3 is 2.73 bits per heavy atom. The normalized spacial score (nSPS) is 21.2. The Labute approximate surface area is 90.6 Å². The van der Waals surface area contributed by atoms with E-state index in [0.29, 0.717) is 31.4 Å². The molecule has 1 amide bonds. The van der Waals surface area contributed by atoms with Crippen LogP contribution < -0.4 is 0 Å². The lowest BCUT2D eigenvalue weighted by molar-refractivity contribution is -0.147. The summed E-state index contributed by atoms with van der Waals surface area (Å²) in [5.74, 6) is 0.630. The van der Waals surface area contributed by atoms with Crippen molar-refractivity contribution in [1.82, 2.24) is 4.90 Å². The summed E-state index contributed by atoms with van der Waals surface area (Å²) in [5.41, 5.74) is 0. The zero-order valence-corrected chi connectivity index (χ0v) is 9.66. The third-order valence-corrected chi connectivity index (χ3v) is 2.81. The molecule has 1 unspecified atom stereocenters. The monoisotopic (exact) mass is 213 g/mol. The summed E-state index contributed by atoms with van der Waals surface area (Å²) in [6.07, 6.45) is 0.567. The van der Waals surface area contributed by atoms with E-state index in [-0.39, 0.29) is 18.4 Å². The van der Waals surface area contributed by atoms with Gasteiger partial charge < -0.3 is 9.64 Å². The van der Waals surface area contributed by atoms with Crippen molar-refractivity contribution in [3.05, 3.63) is 0 Å². The summed E-state index contributed by atoms with van der Waals surface area (Å²) < 4.78 is 4.82. The summed E-state index contributed by atoms with van der Waals surface area (Å²) in [5, 5.41) is 0. The minimum absolute atomic E-state index is 0.0711. The Balaban J connectivity index is 2.44. The zero-order chi connectivity index (χ0) is 11.4. The van der Waals surface area contributed by atoms with Gasteiger partial charge in [-0.15, -0.1) is 0 Å². The minimum Gasteiger partial charge on any atom is -0.465 e. The lowest BCUT2D eigenvalue weighted by Crippen LogP contribution is -2.32. The molecule has 0 saturated carbocycles. The number of ether oxygens (including phenoxy) is 1. The fourth-order valence-corrected chi connectivity index (χ4v) is 1.76. The highest BCUT2D eigenvalue weighted by Crippen LogP contribution is 2.24. The second kappa shape index (κ2) is 5.14. The molecule has 0 radical (unpaired) electrons. The van der Waals surface area contributed by atoms with E-state index in [1.807, 2.05) is 0 Å². The van der Waals surface area contributed by atoms with Gasteiger partial charge in [-0.25, -0.2) is 0 Å². The molecule has 1 fully saturated rings. The first-order chi connectivity index (χ1) is 7.04. The van der Waals surface area contributed by atoms with Crippen molar-refractivity contribution in [3.63, 3.8) is 0 Å². The Morgan fingerprint density at radius 2 is 2.27 bits per heavy atom. The van der Waals surface area contributed by atoms with Gasteiger partial charge in [0.05, 0.1) is 6.61 Å². The van der Waals surface area contributed by atoms with Crippen LogP contribution in [0, 0.1) is 11.8 Å². The molecule has 0 aliphatic carbocycles. The lowest BCUT2D eigenvalue weighted by Gasteiger charge is -2.16. The van der Waals surface area contributed by atoms with E-state index in [1.54, 1.807) is 11.8 Å². The van der Waals surface area contributed by atoms with Gasteiger partial charge in [0, 0.05) is 13.0 Å². The van der Waals surface area contributed by atoms with E-state index in [9.17, 15) is 9.59 Å². The topological polar surface area (TPSA) is 46.6 Å². The number of carbonyl (C=O) groups excluding carboxylic acids is 2. The third-order valence-electron chi connectivity index (χ3n) is 2.81. The van der Waals surface area contributed by atoms with Crippen molar-refractivity contribution in [2.75, 3.05) is 19.7 Å². The van der Waals surface area contributed by atoms with E-state index in [0.717, 1.165) is 0 Å². The van der Waals surface area contributed by atoms with Crippen LogP contribution in [0.25, 0.3) is 0 Å². The van der Waals surface area contributed by atoms with Crippen LogP contribution in [-0.4, -0.2) is 36.5 Å². The summed E-state index contributed by atoms with van der Waals surface area (Å²) >= 11 is 0. The molecule has 0 N–H and O–H groups in total. The predicted octanol–water partition coefficient (Wildman–Crippen LogP) is 1.05. The number of nitrogens with zero attached hydrogens (tertiary/aromatic N) is 1. The molecule has 1 heterocycles. The smallest absolute Gasteiger partial charge is 0.325 e. The van der Waals surface area contributed by atoms with Gasteiger partial charge in [0.2, 0.25) is 5.91 Å². The molecule has 15 heavy (non-hydrogen) atoms. The van der Waals surface area contributed by atoms with E-state index in [2.05, 4.69) is 13.8 Å². The Morgan fingerprint density at radius 1 is 1.60 bits per heavy atom. The van der Waals surface area contributed by atoms with Crippen molar-refractivity contribution in [2.24, 2.45) is 11.8 Å². The first-order valence-electron chi connectivity index (χ1n) is 5.48. The van der Waals surface area contributed by atoms with Gasteiger partial charge in [-0.2, -0.15) is 0 Å². The largest absolute Gasteiger partial charge is 0.465 e. The van der Waals surface area contributed by atoms with Gasteiger partial charge in [0.25, 0.3) is 0 Å². The molecule has 0 aromatic carbocycles. The Hall–Kier alpha value is -1.06. The number of carbonyl (C=O) groups is 2. The summed E-state index contributed by atoms with van der Waals surface area (Å²) in [6.45, 7) is 7.14. The van der Waals surface area contributed by atoms with Gasteiger partial charge in [-0.05, 0) is 18.8 Å². The molecule has 1 aliphatic heterocycles. The maximum Gasteiger partial charge on any atom is 0.325 e. The molecular formula is C11H19NO3. The van der Waals surface area contributed by atoms with E-state index < -0.39 is 0 Å². The van der Waals surface area contributed by atoms with Crippen LogP contribution in [0.15, 0.2) is 0 Å². The maximum absolute atomic E-state index is 11.5. The summed E-state index contributed by atoms with van der Waals surface area (Å²) in [4.78, 5) is 24.4. The highest BCUT2D eigenvalue weighted by atomic mass is 16.5. The first-order valence-corrected chi connectivity index (χ1v) is 5.48. The highest BCUT2D eigenvalue weighted by Gasteiger charge is 2.32. The number of hydrogen-bond donors (Lipinski definition) is 0. The maximum atomic E-state index is 11.5. The van der Waals surface area contributed by atoms with E-state index in [4.69, 9.17) is 4.74 Å². The van der Waals surface area contributed by atoms with Crippen molar-refractivity contribution in [2.45, 2.75) is 27.2 Å². The highest BCUT2D eigenvalue weighted by molar-refractivity contribution is 5.83. The zero-order valence-electron chi connectivity index (χ0n) is 9.66. The average Bonchev–Trinajstić information content (AvgIpc) is 2.48. The molecule has 0 bridgehead atoms. The third kappa shape index (κ3) is 3.22. The van der Waals surface area contributed by atoms with E-state index >= 15 is 0 Å². The Kier molecular flexibility index (Phi) is 4.12. The minimum atomic E-state index is -0.310. The average molecular weight is 213 g/mol. The molecular weight excluding hydrogens is 194 g/mol. The molecule has 0 aromatic heterocycles. The van der Waals surface area contributed by atoms with Crippen molar-refractivity contribution < 1.29 is 14.3 Å². The van der Waals surface area contributed by atoms with Gasteiger partial charge in [0.15, 0.2) is 0 Å². The van der Waals surface area contributed by atoms with E-state index in [1.165, 1.54) is 0 Å². The molecule has 0 spiro atoms. The number of likely N-dealkylation sites (tertiary alicyclic amines) is 1. The van der Waals surface area contributed by atoms with Gasteiger partial charge in [-0.1, -0.05) is 13.8 Å². The fraction of sp³-hybridized carbons (Fsp3) is 0.818. The molecule has 4 nitrogen and oxygen atoms in total. The molecule has 1 saturated heterocycles. The number of amides is 1. The van der Waals surface area contributed by atoms with Crippen molar-refractivity contribution in [1.29, 1.82) is 0 Å². The van der Waals surface area contributed by atoms with Crippen LogP contribution >= 0.6 is 0 Å². The molecule has 1 rings (SSSR count). The molecule has 1 aliphatic rings. The SMILES string of the molecule is CCOC(=O)CN1CC(C(C)C)CC1=O. The second-order valence-corrected chi connectivity index (χ2v) is 4.29. The standard InChI is InChI=1S/C11H19NO3/c1-4-15-11(14)7-12-6-9(8(2)3)5-10(12)13/h8-9H,4-7H2,1-3H3. The van der Waals surface area contributed by atoms with Crippen LogP contribution in [0.2, 0.25) is 0 Å². The van der Waals surface area contributed by atoms with Crippen LogP contribution in [0.5, 0.6) is 0 Å². The first kappa shape index (κ1) is 12.0. The van der Waals surface area contributed by atoms with Crippen LogP contribution in [0.4, 0.5) is 0 Å². The molecule has 1 atom stereocenters. The quantitative estimate of drug-likeness (QED) is 0.656. The molecule has 0 aromatic rings. The Bertz CT molecular complexity index is 250. The number of esters is 1. The lowest BCUT2D eigenvalue weighted by atomic mass is 9.95. The fourth-order valence-electron chi connectivity index (χ4n) is 1.76. The second-order valence-electron chi connectivity index (χ2n) is 4.29. The van der Waals surface area contributed by atoms with Crippen molar-refractivity contribution >= 4 is 11.9 Å². The van der Waals surface area contributed by atoms with Crippen molar-refractivity contribution in [3.8, 4) is 0 Å².